The maximum atomic E-state index is 12.6. The van der Waals surface area contributed by atoms with Crippen LogP contribution in [-0.2, 0) is 4.79 Å². The average molecular weight is 357 g/mol. The van der Waals surface area contributed by atoms with Gasteiger partial charge in [-0.2, -0.15) is 4.99 Å². The van der Waals surface area contributed by atoms with Crippen LogP contribution in [0.1, 0.15) is 27.2 Å². The van der Waals surface area contributed by atoms with E-state index < -0.39 is 0 Å². The molecule has 2 atom stereocenters. The first kappa shape index (κ1) is 18.5. The van der Waals surface area contributed by atoms with Crippen LogP contribution < -0.4 is 5.32 Å². The quantitative estimate of drug-likeness (QED) is 0.812. The second-order valence-electron chi connectivity index (χ2n) is 7.16. The summed E-state index contributed by atoms with van der Waals surface area (Å²) in [6.45, 7) is 8.90. The molecule has 0 spiro atoms. The summed E-state index contributed by atoms with van der Waals surface area (Å²) >= 11 is 0. The molecular weight excluding hydrogens is 330 g/mol. The molecule has 0 aromatic rings. The number of likely N-dealkylation sites (N-methyl/N-ethyl adjacent to an activating group) is 1. The van der Waals surface area contributed by atoms with Crippen molar-refractivity contribution in [2.45, 2.75) is 39.3 Å². The van der Waals surface area contributed by atoms with Gasteiger partial charge in [0.2, 0.25) is 0 Å². The third-order valence-electron chi connectivity index (χ3n) is 5.04. The molecule has 0 bridgehead atoms. The molecule has 7 nitrogen and oxygen atoms in total. The van der Waals surface area contributed by atoms with Gasteiger partial charge in [0.15, 0.2) is 5.84 Å². The van der Waals surface area contributed by atoms with Crippen LogP contribution in [0.25, 0.3) is 0 Å². The van der Waals surface area contributed by atoms with Crippen LogP contribution in [0.2, 0.25) is 0 Å². The number of carbonyl (C=O) groups excluding carboxylic acids is 2. The van der Waals surface area contributed by atoms with Gasteiger partial charge < -0.3 is 10.2 Å². The molecule has 3 rings (SSSR count). The predicted octanol–water partition coefficient (Wildman–Crippen LogP) is 1.62. The number of amides is 3. The molecule has 1 fully saturated rings. The van der Waals surface area contributed by atoms with Gasteiger partial charge in [0.1, 0.15) is 5.92 Å². The molecule has 2 aliphatic heterocycles. The van der Waals surface area contributed by atoms with Crippen LogP contribution in [0.3, 0.4) is 0 Å². The maximum Gasteiger partial charge on any atom is 0.318 e. The second kappa shape index (κ2) is 7.95. The molecule has 3 aliphatic rings. The van der Waals surface area contributed by atoms with Crippen molar-refractivity contribution >= 4 is 23.5 Å². The van der Waals surface area contributed by atoms with E-state index in [0.717, 1.165) is 19.5 Å². The summed E-state index contributed by atoms with van der Waals surface area (Å²) < 4.78 is 0. The largest absolute Gasteiger partial charge is 0.334 e. The van der Waals surface area contributed by atoms with Crippen LogP contribution in [0, 0.1) is 5.92 Å². The van der Waals surface area contributed by atoms with Gasteiger partial charge in [-0.1, -0.05) is 18.2 Å². The van der Waals surface area contributed by atoms with Crippen molar-refractivity contribution in [3.63, 3.8) is 0 Å². The van der Waals surface area contributed by atoms with Crippen LogP contribution in [0.4, 0.5) is 4.79 Å². The lowest BCUT2D eigenvalue weighted by Gasteiger charge is -2.26. The Balaban J connectivity index is 1.60. The van der Waals surface area contributed by atoms with Crippen molar-refractivity contribution in [3.05, 3.63) is 24.3 Å². The third-order valence-corrected chi connectivity index (χ3v) is 5.04. The minimum atomic E-state index is -0.381. The summed E-state index contributed by atoms with van der Waals surface area (Å²) in [5, 5.41) is 3.10. The van der Waals surface area contributed by atoms with E-state index in [-0.39, 0.29) is 30.4 Å². The molecule has 0 radical (unpaired) electrons. The predicted molar refractivity (Wildman–Crippen MR) is 103 cm³/mol. The van der Waals surface area contributed by atoms with Gasteiger partial charge in [0, 0.05) is 31.7 Å². The van der Waals surface area contributed by atoms with E-state index in [0.29, 0.717) is 24.1 Å². The third kappa shape index (κ3) is 4.09. The van der Waals surface area contributed by atoms with Crippen LogP contribution in [-0.4, -0.2) is 71.5 Å². The summed E-state index contributed by atoms with van der Waals surface area (Å²) in [6.07, 6.45) is 8.27. The molecule has 7 heteroatoms. The number of allylic oxidation sites excluding steroid dienone is 3. The monoisotopic (exact) mass is 357 g/mol. The van der Waals surface area contributed by atoms with Gasteiger partial charge in [-0.25, -0.2) is 9.79 Å². The van der Waals surface area contributed by atoms with E-state index in [2.05, 4.69) is 34.0 Å². The molecule has 1 aliphatic carbocycles. The second-order valence-corrected chi connectivity index (χ2v) is 7.16. The zero-order chi connectivity index (χ0) is 18.7. The number of hydrogen-bond donors (Lipinski definition) is 1. The highest BCUT2D eigenvalue weighted by Gasteiger charge is 2.29. The molecule has 0 saturated carbocycles. The Morgan fingerprint density at radius 3 is 2.88 bits per heavy atom. The van der Waals surface area contributed by atoms with Crippen molar-refractivity contribution < 1.29 is 9.59 Å². The van der Waals surface area contributed by atoms with E-state index in [1.807, 2.05) is 25.2 Å². The van der Waals surface area contributed by atoms with E-state index in [4.69, 9.17) is 0 Å². The minimum absolute atomic E-state index is 0.125. The molecule has 1 N–H and O–H groups in total. The van der Waals surface area contributed by atoms with Gasteiger partial charge in [-0.3, -0.25) is 9.69 Å². The first-order chi connectivity index (χ1) is 12.5. The fraction of sp³-hybridized carbons (Fsp3) is 0.579. The van der Waals surface area contributed by atoms with Crippen LogP contribution >= 0.6 is 0 Å². The molecule has 140 valence electrons. The Labute approximate surface area is 154 Å². The van der Waals surface area contributed by atoms with Crippen LogP contribution in [0.15, 0.2) is 34.3 Å². The van der Waals surface area contributed by atoms with Gasteiger partial charge in [0.25, 0.3) is 5.91 Å². The van der Waals surface area contributed by atoms with Crippen molar-refractivity contribution in [1.82, 2.24) is 15.1 Å². The SMILES string of the molecule is CCN(CC1=NC(=O)C2C=CC=CC2=N1)C(=O)NC1CCN(C(C)C)C1. The van der Waals surface area contributed by atoms with Gasteiger partial charge in [0.05, 0.1) is 12.3 Å². The number of nitrogens with zero attached hydrogens (tertiary/aromatic N) is 4. The Morgan fingerprint density at radius 2 is 2.19 bits per heavy atom. The molecule has 0 aromatic heterocycles. The average Bonchev–Trinajstić information content (AvgIpc) is 3.08. The first-order valence-electron chi connectivity index (χ1n) is 9.32. The summed E-state index contributed by atoms with van der Waals surface area (Å²) in [5.41, 5.74) is 0.697. The highest BCUT2D eigenvalue weighted by Crippen LogP contribution is 2.17. The Bertz CT molecular complexity index is 692. The van der Waals surface area contributed by atoms with Crippen molar-refractivity contribution in [1.29, 1.82) is 0 Å². The van der Waals surface area contributed by atoms with Crippen LogP contribution in [0.5, 0.6) is 0 Å². The van der Waals surface area contributed by atoms with E-state index >= 15 is 0 Å². The summed E-state index contributed by atoms with van der Waals surface area (Å²) in [7, 11) is 0. The number of hydrogen-bond acceptors (Lipinski definition) is 4. The summed E-state index contributed by atoms with van der Waals surface area (Å²) in [5.74, 6) is -0.202. The molecule has 26 heavy (non-hydrogen) atoms. The topological polar surface area (TPSA) is 77.4 Å². The number of likely N-dealkylation sites (tertiary alicyclic amines) is 1. The van der Waals surface area contributed by atoms with E-state index in [9.17, 15) is 9.59 Å². The number of amidine groups is 1. The van der Waals surface area contributed by atoms with Crippen molar-refractivity contribution in [2.24, 2.45) is 15.9 Å². The van der Waals surface area contributed by atoms with Gasteiger partial charge in [-0.15, -0.1) is 0 Å². The lowest BCUT2D eigenvalue weighted by atomic mass is 9.96. The Kier molecular flexibility index (Phi) is 5.66. The number of carbonyl (C=O) groups is 2. The van der Waals surface area contributed by atoms with Crippen molar-refractivity contribution in [3.8, 4) is 0 Å². The van der Waals surface area contributed by atoms with Gasteiger partial charge >= 0.3 is 6.03 Å². The molecule has 1 saturated heterocycles. The molecule has 0 aromatic carbocycles. The van der Waals surface area contributed by atoms with E-state index in [1.54, 1.807) is 11.0 Å². The zero-order valence-corrected chi connectivity index (χ0v) is 15.7. The summed E-state index contributed by atoms with van der Waals surface area (Å²) in [6, 6.07) is 0.527. The lowest BCUT2D eigenvalue weighted by Crippen LogP contribution is -2.48. The number of nitrogens with one attached hydrogen (secondary N) is 1. The molecule has 2 unspecified atom stereocenters. The van der Waals surface area contributed by atoms with E-state index in [1.165, 1.54) is 0 Å². The lowest BCUT2D eigenvalue weighted by molar-refractivity contribution is -0.118. The normalized spacial score (nSPS) is 25.2. The Hall–Kier alpha value is -2.28. The highest BCUT2D eigenvalue weighted by atomic mass is 16.2. The molecular formula is C19H27N5O2. The molecule has 3 amide bonds. The summed E-state index contributed by atoms with van der Waals surface area (Å²) in [4.78, 5) is 37.4. The fourth-order valence-electron chi connectivity index (χ4n) is 3.43. The standard InChI is InChI=1S/C19H27N5O2/c1-4-23(19(26)20-14-9-10-24(11-14)13(2)3)12-17-21-16-8-6-5-7-15(16)18(25)22-17/h5-8,13-15H,4,9-12H2,1-3H3,(H,20,26). The Morgan fingerprint density at radius 1 is 1.38 bits per heavy atom. The maximum absolute atomic E-state index is 12.6. The number of rotatable bonds is 5. The zero-order valence-electron chi connectivity index (χ0n) is 15.7. The number of fused-ring (bicyclic) bond motifs is 1. The first-order valence-corrected chi connectivity index (χ1v) is 9.32. The smallest absolute Gasteiger partial charge is 0.318 e. The highest BCUT2D eigenvalue weighted by molar-refractivity contribution is 6.21. The van der Waals surface area contributed by atoms with Gasteiger partial charge in [-0.05, 0) is 33.3 Å². The minimum Gasteiger partial charge on any atom is -0.334 e. The van der Waals surface area contributed by atoms with Crippen molar-refractivity contribution in [2.75, 3.05) is 26.2 Å². The number of urea groups is 1. The number of aliphatic imine (C=N–C) groups is 2. The molecule has 2 heterocycles. The fourth-order valence-corrected chi connectivity index (χ4v) is 3.43.